The molecule has 0 aromatic heterocycles. The van der Waals surface area contributed by atoms with Gasteiger partial charge in [-0.3, -0.25) is 0 Å². The highest BCUT2D eigenvalue weighted by Crippen LogP contribution is 2.40. The Hall–Kier alpha value is -1.26. The summed E-state index contributed by atoms with van der Waals surface area (Å²) in [6.45, 7) is 1.27. The van der Waals surface area contributed by atoms with Crippen molar-refractivity contribution in [2.24, 2.45) is 0 Å². The molecule has 98 valence electrons. The van der Waals surface area contributed by atoms with Crippen LogP contribution in [0.2, 0.25) is 0 Å². The lowest BCUT2D eigenvalue weighted by molar-refractivity contribution is -0.0803. The molecule has 1 saturated heterocycles. The molecule has 2 fully saturated rings. The maximum atomic E-state index is 9.95. The van der Waals surface area contributed by atoms with E-state index in [1.807, 2.05) is 18.2 Å². The summed E-state index contributed by atoms with van der Waals surface area (Å²) in [5.74, 6) is 1.47. The largest absolute Gasteiger partial charge is 0.493 e. The van der Waals surface area contributed by atoms with Crippen LogP contribution in [0.4, 0.5) is 0 Å². The molecular formula is C14H18O4. The van der Waals surface area contributed by atoms with Crippen molar-refractivity contribution in [3.63, 3.8) is 0 Å². The smallest absolute Gasteiger partial charge is 0.162 e. The standard InChI is InChI=1S/C14H18O4/c1-16-12-3-2-10(7-14(15)4-5-14)6-13(12)18-11-8-17-9-11/h2-3,6,11,15H,4-5,7-9H2,1H3. The fourth-order valence-corrected chi connectivity index (χ4v) is 2.09. The summed E-state index contributed by atoms with van der Waals surface area (Å²) in [5.41, 5.74) is 0.608. The van der Waals surface area contributed by atoms with Gasteiger partial charge in [0, 0.05) is 6.42 Å². The van der Waals surface area contributed by atoms with Crippen LogP contribution in [0, 0.1) is 0 Å². The molecular weight excluding hydrogens is 232 g/mol. The van der Waals surface area contributed by atoms with Crippen molar-refractivity contribution >= 4 is 0 Å². The Labute approximate surface area is 106 Å². The Balaban J connectivity index is 1.76. The molecule has 1 aliphatic heterocycles. The van der Waals surface area contributed by atoms with Crippen molar-refractivity contribution in [3.8, 4) is 11.5 Å². The molecule has 1 aromatic carbocycles. The first-order chi connectivity index (χ1) is 8.68. The predicted octanol–water partition coefficient (Wildman–Crippen LogP) is 1.54. The van der Waals surface area contributed by atoms with Crippen molar-refractivity contribution in [2.75, 3.05) is 20.3 Å². The number of rotatable bonds is 5. The van der Waals surface area contributed by atoms with Gasteiger partial charge in [-0.15, -0.1) is 0 Å². The first kappa shape index (κ1) is 11.8. The second-order valence-corrected chi connectivity index (χ2v) is 5.16. The van der Waals surface area contributed by atoms with E-state index in [9.17, 15) is 5.11 Å². The van der Waals surface area contributed by atoms with Crippen LogP contribution < -0.4 is 9.47 Å². The highest BCUT2D eigenvalue weighted by atomic mass is 16.6. The minimum Gasteiger partial charge on any atom is -0.493 e. The molecule has 0 amide bonds. The van der Waals surface area contributed by atoms with Gasteiger partial charge in [-0.25, -0.2) is 0 Å². The fraction of sp³-hybridized carbons (Fsp3) is 0.571. The Morgan fingerprint density at radius 2 is 2.11 bits per heavy atom. The van der Waals surface area contributed by atoms with E-state index >= 15 is 0 Å². The lowest BCUT2D eigenvalue weighted by Gasteiger charge is -2.27. The third-order valence-electron chi connectivity index (χ3n) is 3.49. The summed E-state index contributed by atoms with van der Waals surface area (Å²) < 4.78 is 16.2. The van der Waals surface area contributed by atoms with Crippen LogP contribution in [0.3, 0.4) is 0 Å². The van der Waals surface area contributed by atoms with Gasteiger partial charge in [-0.05, 0) is 30.5 Å². The molecule has 0 bridgehead atoms. The molecule has 1 aliphatic carbocycles. The zero-order valence-corrected chi connectivity index (χ0v) is 10.5. The first-order valence-corrected chi connectivity index (χ1v) is 6.32. The summed E-state index contributed by atoms with van der Waals surface area (Å²) in [7, 11) is 1.63. The van der Waals surface area contributed by atoms with Gasteiger partial charge in [0.25, 0.3) is 0 Å². The number of hydrogen-bond donors (Lipinski definition) is 1. The van der Waals surface area contributed by atoms with E-state index in [1.54, 1.807) is 7.11 Å². The minimum atomic E-state index is -0.481. The molecule has 1 aromatic rings. The number of benzene rings is 1. The zero-order chi connectivity index (χ0) is 12.6. The maximum absolute atomic E-state index is 9.95. The highest BCUT2D eigenvalue weighted by molar-refractivity contribution is 5.43. The molecule has 1 N–H and O–H groups in total. The molecule has 1 heterocycles. The molecule has 2 aliphatic rings. The van der Waals surface area contributed by atoms with E-state index in [2.05, 4.69) is 0 Å². The Morgan fingerprint density at radius 1 is 1.33 bits per heavy atom. The minimum absolute atomic E-state index is 0.123. The Kier molecular flexibility index (Phi) is 2.92. The fourth-order valence-electron chi connectivity index (χ4n) is 2.09. The molecule has 0 spiro atoms. The average molecular weight is 250 g/mol. The van der Waals surface area contributed by atoms with Gasteiger partial charge >= 0.3 is 0 Å². The number of hydrogen-bond acceptors (Lipinski definition) is 4. The summed E-state index contributed by atoms with van der Waals surface area (Å²) in [6, 6.07) is 5.85. The molecule has 0 unspecified atom stereocenters. The zero-order valence-electron chi connectivity index (χ0n) is 10.5. The number of methoxy groups -OCH3 is 1. The van der Waals surface area contributed by atoms with Crippen molar-refractivity contribution < 1.29 is 19.3 Å². The lowest BCUT2D eigenvalue weighted by Crippen LogP contribution is -2.38. The van der Waals surface area contributed by atoms with Gasteiger partial charge in [0.1, 0.15) is 6.10 Å². The number of aliphatic hydroxyl groups is 1. The van der Waals surface area contributed by atoms with E-state index in [4.69, 9.17) is 14.2 Å². The van der Waals surface area contributed by atoms with E-state index < -0.39 is 5.60 Å². The van der Waals surface area contributed by atoms with Crippen LogP contribution in [0.1, 0.15) is 18.4 Å². The molecule has 18 heavy (non-hydrogen) atoms. The molecule has 1 saturated carbocycles. The Morgan fingerprint density at radius 3 is 2.67 bits per heavy atom. The van der Waals surface area contributed by atoms with E-state index in [-0.39, 0.29) is 6.10 Å². The van der Waals surface area contributed by atoms with Crippen LogP contribution in [0.5, 0.6) is 11.5 Å². The van der Waals surface area contributed by atoms with Gasteiger partial charge < -0.3 is 19.3 Å². The monoisotopic (exact) mass is 250 g/mol. The van der Waals surface area contributed by atoms with Gasteiger partial charge in [0.05, 0.1) is 25.9 Å². The Bertz CT molecular complexity index is 435. The van der Waals surface area contributed by atoms with Crippen LogP contribution in [-0.2, 0) is 11.2 Å². The van der Waals surface area contributed by atoms with Gasteiger partial charge in [0.15, 0.2) is 11.5 Å². The second kappa shape index (κ2) is 4.44. The third kappa shape index (κ3) is 2.44. The SMILES string of the molecule is COc1ccc(CC2(O)CC2)cc1OC1COC1. The lowest BCUT2D eigenvalue weighted by atomic mass is 10.1. The van der Waals surface area contributed by atoms with E-state index in [0.717, 1.165) is 29.9 Å². The van der Waals surface area contributed by atoms with Crippen LogP contribution in [0.15, 0.2) is 18.2 Å². The molecule has 3 rings (SSSR count). The topological polar surface area (TPSA) is 47.9 Å². The maximum Gasteiger partial charge on any atom is 0.162 e. The van der Waals surface area contributed by atoms with Crippen molar-refractivity contribution in [2.45, 2.75) is 31.0 Å². The predicted molar refractivity (Wildman–Crippen MR) is 66.1 cm³/mol. The number of ether oxygens (including phenoxy) is 3. The van der Waals surface area contributed by atoms with Gasteiger partial charge in [0.2, 0.25) is 0 Å². The van der Waals surface area contributed by atoms with Crippen molar-refractivity contribution in [3.05, 3.63) is 23.8 Å². The summed E-state index contributed by atoms with van der Waals surface area (Å²) >= 11 is 0. The summed E-state index contributed by atoms with van der Waals surface area (Å²) in [4.78, 5) is 0. The summed E-state index contributed by atoms with van der Waals surface area (Å²) in [6.07, 6.45) is 2.60. The van der Waals surface area contributed by atoms with E-state index in [0.29, 0.717) is 19.6 Å². The van der Waals surface area contributed by atoms with Crippen molar-refractivity contribution in [1.29, 1.82) is 0 Å². The normalized spacial score (nSPS) is 21.2. The quantitative estimate of drug-likeness (QED) is 0.861. The third-order valence-corrected chi connectivity index (χ3v) is 3.49. The van der Waals surface area contributed by atoms with Crippen LogP contribution in [0.25, 0.3) is 0 Å². The van der Waals surface area contributed by atoms with Crippen LogP contribution in [-0.4, -0.2) is 37.1 Å². The van der Waals surface area contributed by atoms with Crippen LogP contribution >= 0.6 is 0 Å². The molecule has 4 nitrogen and oxygen atoms in total. The van der Waals surface area contributed by atoms with Crippen molar-refractivity contribution in [1.82, 2.24) is 0 Å². The van der Waals surface area contributed by atoms with Gasteiger partial charge in [-0.2, -0.15) is 0 Å². The molecule has 0 atom stereocenters. The van der Waals surface area contributed by atoms with E-state index in [1.165, 1.54) is 0 Å². The molecule has 0 radical (unpaired) electrons. The molecule has 4 heteroatoms. The first-order valence-electron chi connectivity index (χ1n) is 6.32. The summed E-state index contributed by atoms with van der Waals surface area (Å²) in [5, 5.41) is 9.95. The second-order valence-electron chi connectivity index (χ2n) is 5.16. The van der Waals surface area contributed by atoms with Gasteiger partial charge in [-0.1, -0.05) is 6.07 Å². The highest BCUT2D eigenvalue weighted by Gasteiger charge is 2.40. The average Bonchev–Trinajstić information content (AvgIpc) is 3.02.